The van der Waals surface area contributed by atoms with E-state index in [0.717, 1.165) is 24.9 Å². The first kappa shape index (κ1) is 17.3. The first-order chi connectivity index (χ1) is 10.1. The highest BCUT2D eigenvalue weighted by atomic mass is 19.3. The van der Waals surface area contributed by atoms with E-state index >= 15 is 0 Å². The molecule has 116 valence electrons. The number of hydrogen-bond acceptors (Lipinski definition) is 1. The number of imidazole rings is 1. The van der Waals surface area contributed by atoms with Gasteiger partial charge >= 0.3 is 0 Å². The van der Waals surface area contributed by atoms with Crippen LogP contribution in [0.4, 0.5) is 13.2 Å². The summed E-state index contributed by atoms with van der Waals surface area (Å²) >= 11 is 0. The van der Waals surface area contributed by atoms with Crippen LogP contribution in [-0.2, 0) is 6.54 Å². The third-order valence-electron chi connectivity index (χ3n) is 3.23. The average Bonchev–Trinajstić information content (AvgIpc) is 2.85. The van der Waals surface area contributed by atoms with Gasteiger partial charge in [-0.05, 0) is 13.3 Å². The topological polar surface area (TPSA) is 17.8 Å². The molecular weight excluding hydrogens is 277 g/mol. The van der Waals surface area contributed by atoms with Crippen molar-refractivity contribution in [3.05, 3.63) is 41.7 Å². The fraction of sp³-hybridized carbons (Fsp3) is 0.438. The average molecular weight is 298 g/mol. The Labute approximate surface area is 123 Å². The third kappa shape index (κ3) is 4.09. The molecule has 0 amide bonds. The van der Waals surface area contributed by atoms with Gasteiger partial charge in [0.05, 0.1) is 7.18 Å². The minimum absolute atomic E-state index is 0.102. The molecular formula is C16H21F3N2. The maximum absolute atomic E-state index is 13.0. The molecule has 1 aromatic carbocycles. The Morgan fingerprint density at radius 3 is 2.29 bits per heavy atom. The molecule has 0 aliphatic heterocycles. The molecule has 0 aliphatic rings. The highest BCUT2D eigenvalue weighted by Crippen LogP contribution is 2.28. The van der Waals surface area contributed by atoms with Gasteiger partial charge in [0.1, 0.15) is 11.5 Å². The normalized spacial score (nSPS) is 10.4. The predicted molar refractivity (Wildman–Crippen MR) is 79.3 cm³/mol. The summed E-state index contributed by atoms with van der Waals surface area (Å²) in [5, 5.41) is 0. The van der Waals surface area contributed by atoms with E-state index in [0.29, 0.717) is 18.7 Å². The molecule has 0 N–H and O–H groups in total. The molecule has 0 saturated carbocycles. The highest BCUT2D eigenvalue weighted by Gasteiger charge is 2.20. The Hall–Kier alpha value is -1.78. The zero-order valence-electron chi connectivity index (χ0n) is 12.6. The number of aromatic nitrogens is 2. The van der Waals surface area contributed by atoms with E-state index in [9.17, 15) is 13.2 Å². The van der Waals surface area contributed by atoms with Crippen molar-refractivity contribution < 1.29 is 13.2 Å². The van der Waals surface area contributed by atoms with E-state index in [1.807, 2.05) is 34.9 Å². The van der Waals surface area contributed by atoms with Gasteiger partial charge in [-0.2, -0.15) is 0 Å². The second-order valence-corrected chi connectivity index (χ2v) is 4.58. The molecule has 21 heavy (non-hydrogen) atoms. The fourth-order valence-electron chi connectivity index (χ4n) is 2.16. The summed E-state index contributed by atoms with van der Waals surface area (Å²) in [5.41, 5.74) is 1.35. The van der Waals surface area contributed by atoms with Crippen LogP contribution in [0.2, 0.25) is 0 Å². The molecule has 2 nitrogen and oxygen atoms in total. The van der Waals surface area contributed by atoms with Crippen molar-refractivity contribution in [3.8, 4) is 11.4 Å². The number of hydrogen-bond donors (Lipinski definition) is 0. The Balaban J connectivity index is 0.00000106. The zero-order chi connectivity index (χ0) is 15.8. The molecule has 5 heteroatoms. The molecule has 2 rings (SSSR count). The van der Waals surface area contributed by atoms with Crippen molar-refractivity contribution in [1.82, 2.24) is 9.55 Å². The maximum Gasteiger partial charge on any atom is 0.282 e. The van der Waals surface area contributed by atoms with Crippen molar-refractivity contribution in [3.63, 3.8) is 0 Å². The molecule has 0 radical (unpaired) electrons. The summed E-state index contributed by atoms with van der Waals surface area (Å²) in [4.78, 5) is 4.15. The van der Waals surface area contributed by atoms with Gasteiger partial charge in [-0.1, -0.05) is 43.7 Å². The van der Waals surface area contributed by atoms with Gasteiger partial charge in [0.2, 0.25) is 0 Å². The van der Waals surface area contributed by atoms with Gasteiger partial charge in [-0.15, -0.1) is 0 Å². The number of alkyl halides is 3. The third-order valence-corrected chi connectivity index (χ3v) is 3.23. The van der Waals surface area contributed by atoms with Crippen molar-refractivity contribution >= 4 is 0 Å². The first-order valence-electron chi connectivity index (χ1n) is 6.93. The van der Waals surface area contributed by atoms with E-state index in [1.54, 1.807) is 6.92 Å². The zero-order valence-corrected chi connectivity index (χ0v) is 12.6. The van der Waals surface area contributed by atoms with E-state index in [2.05, 4.69) is 11.9 Å². The molecule has 0 fully saturated rings. The number of halogens is 3. The van der Waals surface area contributed by atoms with Crippen LogP contribution in [0.25, 0.3) is 11.4 Å². The molecule has 0 saturated heterocycles. The molecule has 0 spiro atoms. The molecule has 1 heterocycles. The van der Waals surface area contributed by atoms with Crippen molar-refractivity contribution in [2.24, 2.45) is 0 Å². The van der Waals surface area contributed by atoms with Crippen LogP contribution < -0.4 is 0 Å². The van der Waals surface area contributed by atoms with E-state index in [-0.39, 0.29) is 5.69 Å². The Morgan fingerprint density at radius 2 is 1.76 bits per heavy atom. The van der Waals surface area contributed by atoms with Crippen LogP contribution >= 0.6 is 0 Å². The first-order valence-corrected chi connectivity index (χ1v) is 6.93. The smallest absolute Gasteiger partial charge is 0.282 e. The second-order valence-electron chi connectivity index (χ2n) is 4.58. The number of rotatable bonds is 5. The molecule has 1 aromatic heterocycles. The Morgan fingerprint density at radius 1 is 1.14 bits per heavy atom. The highest BCUT2D eigenvalue weighted by molar-refractivity contribution is 5.56. The van der Waals surface area contributed by atoms with Crippen LogP contribution in [0, 0.1) is 6.92 Å². The van der Waals surface area contributed by atoms with Gasteiger partial charge in [0.15, 0.2) is 0 Å². The Kier molecular flexibility index (Phi) is 6.99. The van der Waals surface area contributed by atoms with Crippen LogP contribution in [0.5, 0.6) is 0 Å². The molecule has 0 atom stereocenters. The maximum atomic E-state index is 13.0. The molecule has 2 aromatic rings. The van der Waals surface area contributed by atoms with Crippen LogP contribution in [0.1, 0.15) is 37.6 Å². The van der Waals surface area contributed by atoms with Crippen LogP contribution in [0.15, 0.2) is 30.3 Å². The lowest BCUT2D eigenvalue weighted by atomic mass is 10.2. The molecule has 0 unspecified atom stereocenters. The lowest BCUT2D eigenvalue weighted by Crippen LogP contribution is -2.03. The summed E-state index contributed by atoms with van der Waals surface area (Å²) in [5.74, 6) is 0.641. The minimum Gasteiger partial charge on any atom is -0.328 e. The second kappa shape index (κ2) is 8.49. The van der Waals surface area contributed by atoms with Gasteiger partial charge in [0, 0.05) is 17.8 Å². The fourth-order valence-corrected chi connectivity index (χ4v) is 2.16. The van der Waals surface area contributed by atoms with E-state index in [4.69, 9.17) is 0 Å². The van der Waals surface area contributed by atoms with Gasteiger partial charge in [-0.3, -0.25) is 4.39 Å². The SMILES string of the molecule is CCCCn1c(-c2ccccc2)nc(C(F)F)c1C.CF. The molecule has 0 bridgehead atoms. The number of nitrogens with zero attached hydrogens (tertiary/aromatic N) is 2. The molecule has 0 aliphatic carbocycles. The standard InChI is InChI=1S/C15H18F2N2.CH3F/c1-3-4-10-19-11(2)13(14(16)17)18-15(19)12-8-6-5-7-9-12;1-2/h5-9,14H,3-4,10H2,1-2H3;1H3. The summed E-state index contributed by atoms with van der Waals surface area (Å²) in [6.07, 6.45) is -0.541. The lowest BCUT2D eigenvalue weighted by Gasteiger charge is -2.09. The number of unbranched alkanes of at least 4 members (excludes halogenated alkanes) is 1. The minimum atomic E-state index is -2.52. The van der Waals surface area contributed by atoms with Crippen molar-refractivity contribution in [2.75, 3.05) is 7.18 Å². The largest absolute Gasteiger partial charge is 0.328 e. The van der Waals surface area contributed by atoms with Crippen molar-refractivity contribution in [2.45, 2.75) is 39.7 Å². The van der Waals surface area contributed by atoms with Crippen molar-refractivity contribution in [1.29, 1.82) is 0 Å². The summed E-state index contributed by atoms with van der Waals surface area (Å²) in [6.45, 7) is 4.53. The predicted octanol–water partition coefficient (Wildman–Crippen LogP) is 5.18. The summed E-state index contributed by atoms with van der Waals surface area (Å²) in [7, 11) is 0.500. The summed E-state index contributed by atoms with van der Waals surface area (Å²) < 4.78 is 37.4. The van der Waals surface area contributed by atoms with E-state index < -0.39 is 6.43 Å². The quantitative estimate of drug-likeness (QED) is 0.743. The van der Waals surface area contributed by atoms with Crippen LogP contribution in [-0.4, -0.2) is 16.7 Å². The van der Waals surface area contributed by atoms with Crippen LogP contribution in [0.3, 0.4) is 0 Å². The summed E-state index contributed by atoms with van der Waals surface area (Å²) in [6, 6.07) is 9.50. The number of benzene rings is 1. The van der Waals surface area contributed by atoms with Gasteiger partial charge in [0.25, 0.3) is 6.43 Å². The Bertz CT molecular complexity index is 536. The van der Waals surface area contributed by atoms with Gasteiger partial charge in [-0.25, -0.2) is 13.8 Å². The van der Waals surface area contributed by atoms with E-state index in [1.165, 1.54) is 0 Å². The van der Waals surface area contributed by atoms with Gasteiger partial charge < -0.3 is 4.57 Å². The lowest BCUT2D eigenvalue weighted by molar-refractivity contribution is 0.145. The monoisotopic (exact) mass is 298 g/mol.